The summed E-state index contributed by atoms with van der Waals surface area (Å²) in [5, 5.41) is 5.77. The predicted octanol–water partition coefficient (Wildman–Crippen LogP) is 2.77. The van der Waals surface area contributed by atoms with Crippen LogP contribution < -0.4 is 10.6 Å². The van der Waals surface area contributed by atoms with E-state index in [4.69, 9.17) is 9.15 Å². The van der Waals surface area contributed by atoms with Gasteiger partial charge in [-0.05, 0) is 23.8 Å². The fourth-order valence-electron chi connectivity index (χ4n) is 3.05. The molecule has 0 saturated carbocycles. The molecular weight excluding hydrogens is 320 g/mol. The predicted molar refractivity (Wildman–Crippen MR) is 93.3 cm³/mol. The molecule has 6 nitrogen and oxygen atoms in total. The second-order valence-corrected chi connectivity index (χ2v) is 6.07. The van der Waals surface area contributed by atoms with Crippen molar-refractivity contribution in [2.75, 3.05) is 19.0 Å². The van der Waals surface area contributed by atoms with Crippen molar-refractivity contribution < 1.29 is 18.7 Å². The van der Waals surface area contributed by atoms with Gasteiger partial charge >= 0.3 is 0 Å². The molecule has 0 aliphatic carbocycles. The van der Waals surface area contributed by atoms with Crippen LogP contribution in [0.15, 0.2) is 40.8 Å². The summed E-state index contributed by atoms with van der Waals surface area (Å²) in [6, 6.07) is 10.7. The van der Waals surface area contributed by atoms with Crippen molar-refractivity contribution in [3.8, 4) is 0 Å². The van der Waals surface area contributed by atoms with Gasteiger partial charge in [0.15, 0.2) is 0 Å². The first-order valence-corrected chi connectivity index (χ1v) is 8.39. The van der Waals surface area contributed by atoms with Gasteiger partial charge in [0.2, 0.25) is 11.8 Å². The topological polar surface area (TPSA) is 80.6 Å². The van der Waals surface area contributed by atoms with Crippen molar-refractivity contribution >= 4 is 17.5 Å². The van der Waals surface area contributed by atoms with Crippen LogP contribution in [-0.2, 0) is 20.7 Å². The van der Waals surface area contributed by atoms with E-state index in [0.29, 0.717) is 18.1 Å². The molecule has 1 aliphatic rings. The number of para-hydroxylation sites is 1. The average Bonchev–Trinajstić information content (AvgIpc) is 3.09. The summed E-state index contributed by atoms with van der Waals surface area (Å²) in [5.74, 6) is 0.616. The Morgan fingerprint density at radius 1 is 1.36 bits per heavy atom. The number of rotatable bonds is 6. The number of aryl methyl sites for hydroxylation is 1. The maximum absolute atomic E-state index is 12.9. The molecule has 1 aromatic carbocycles. The number of amides is 2. The highest BCUT2D eigenvalue weighted by Crippen LogP contribution is 2.32. The summed E-state index contributed by atoms with van der Waals surface area (Å²) in [6.45, 7) is 2.30. The Labute approximate surface area is 146 Å². The highest BCUT2D eigenvalue weighted by atomic mass is 16.5. The number of hydrogen-bond donors (Lipinski definition) is 2. The van der Waals surface area contributed by atoms with E-state index in [0.717, 1.165) is 17.7 Å². The molecular formula is C19H22N2O4. The largest absolute Gasteiger partial charge is 0.464 e. The number of furan rings is 1. The Morgan fingerprint density at radius 3 is 2.88 bits per heavy atom. The number of hydrogen-bond acceptors (Lipinski definition) is 4. The first-order valence-electron chi connectivity index (χ1n) is 8.39. The zero-order valence-corrected chi connectivity index (χ0v) is 14.4. The molecule has 2 aromatic rings. The van der Waals surface area contributed by atoms with Gasteiger partial charge < -0.3 is 19.8 Å². The van der Waals surface area contributed by atoms with Gasteiger partial charge in [-0.25, -0.2) is 0 Å². The third-order valence-corrected chi connectivity index (χ3v) is 4.34. The van der Waals surface area contributed by atoms with Crippen molar-refractivity contribution in [1.29, 1.82) is 0 Å². The quantitative estimate of drug-likeness (QED) is 0.846. The molecule has 0 fully saturated rings. The number of fused-ring (bicyclic) bond motifs is 1. The highest BCUT2D eigenvalue weighted by Gasteiger charge is 2.32. The maximum atomic E-state index is 12.9. The van der Waals surface area contributed by atoms with Gasteiger partial charge in [0.05, 0.1) is 12.5 Å². The summed E-state index contributed by atoms with van der Waals surface area (Å²) >= 11 is 0. The third kappa shape index (κ3) is 3.74. The molecule has 0 unspecified atom stereocenters. The van der Waals surface area contributed by atoms with Gasteiger partial charge in [0.25, 0.3) is 0 Å². The molecule has 2 atom stereocenters. The van der Waals surface area contributed by atoms with Gasteiger partial charge in [0.1, 0.15) is 17.6 Å². The van der Waals surface area contributed by atoms with Crippen molar-refractivity contribution in [1.82, 2.24) is 5.32 Å². The van der Waals surface area contributed by atoms with Gasteiger partial charge in [-0.15, -0.1) is 0 Å². The molecule has 0 bridgehead atoms. The molecule has 132 valence electrons. The van der Waals surface area contributed by atoms with Gasteiger partial charge in [-0.2, -0.15) is 0 Å². The smallest absolute Gasteiger partial charge is 0.228 e. The van der Waals surface area contributed by atoms with E-state index in [1.54, 1.807) is 13.2 Å². The lowest BCUT2D eigenvalue weighted by atomic mass is 9.89. The van der Waals surface area contributed by atoms with Crippen molar-refractivity contribution in [2.45, 2.75) is 31.7 Å². The van der Waals surface area contributed by atoms with Crippen LogP contribution >= 0.6 is 0 Å². The van der Waals surface area contributed by atoms with Crippen molar-refractivity contribution in [2.24, 2.45) is 0 Å². The van der Waals surface area contributed by atoms with Crippen molar-refractivity contribution in [3.63, 3.8) is 0 Å². The fourth-order valence-corrected chi connectivity index (χ4v) is 3.05. The molecule has 1 aromatic heterocycles. The number of anilines is 1. The molecule has 2 amide bonds. The molecule has 2 heterocycles. The monoisotopic (exact) mass is 342 g/mol. The summed E-state index contributed by atoms with van der Waals surface area (Å²) in [7, 11) is 1.58. The van der Waals surface area contributed by atoms with E-state index in [9.17, 15) is 9.59 Å². The lowest BCUT2D eigenvalue weighted by molar-refractivity contribution is -0.127. The summed E-state index contributed by atoms with van der Waals surface area (Å²) in [6.07, 6.45) is 0.907. The second kappa shape index (κ2) is 7.53. The Bertz CT molecular complexity index is 768. The van der Waals surface area contributed by atoms with E-state index in [-0.39, 0.29) is 18.2 Å². The number of nitrogens with one attached hydrogen (secondary N) is 2. The Balaban J connectivity index is 1.81. The molecule has 0 saturated heterocycles. The maximum Gasteiger partial charge on any atom is 0.228 e. The van der Waals surface area contributed by atoms with Gasteiger partial charge in [0, 0.05) is 25.6 Å². The summed E-state index contributed by atoms with van der Waals surface area (Å²) in [4.78, 5) is 24.8. The van der Waals surface area contributed by atoms with Crippen LogP contribution in [-0.4, -0.2) is 25.5 Å². The van der Waals surface area contributed by atoms with E-state index < -0.39 is 12.0 Å². The van der Waals surface area contributed by atoms with Crippen LogP contribution in [0, 0.1) is 0 Å². The van der Waals surface area contributed by atoms with Crippen LogP contribution in [0.5, 0.6) is 0 Å². The molecule has 0 spiro atoms. The minimum atomic E-state index is -0.523. The number of carbonyl (C=O) groups is 2. The molecule has 25 heavy (non-hydrogen) atoms. The minimum absolute atomic E-state index is 0.126. The van der Waals surface area contributed by atoms with E-state index in [2.05, 4.69) is 10.6 Å². The summed E-state index contributed by atoms with van der Waals surface area (Å²) < 4.78 is 11.0. The fraction of sp³-hybridized carbons (Fsp3) is 0.368. The van der Waals surface area contributed by atoms with Crippen LogP contribution in [0.2, 0.25) is 0 Å². The molecule has 1 aliphatic heterocycles. The second-order valence-electron chi connectivity index (χ2n) is 6.07. The zero-order valence-electron chi connectivity index (χ0n) is 14.4. The number of methoxy groups -OCH3 is 1. The zero-order chi connectivity index (χ0) is 17.8. The van der Waals surface area contributed by atoms with E-state index in [1.165, 1.54) is 0 Å². The standard InChI is InChI=1S/C19H22N2O4/c1-3-12-8-9-17(25-12)16(11-24-2)21-19(23)14-10-18(22)20-15-7-5-4-6-13(14)15/h4-9,14,16H,3,10-11H2,1-2H3,(H,20,22)(H,21,23)/t14-,16-/m0/s1. The van der Waals surface area contributed by atoms with Crippen molar-refractivity contribution in [3.05, 3.63) is 53.5 Å². The van der Waals surface area contributed by atoms with Crippen LogP contribution in [0.1, 0.15) is 42.4 Å². The van der Waals surface area contributed by atoms with Gasteiger partial charge in [-0.1, -0.05) is 25.1 Å². The first kappa shape index (κ1) is 17.2. The van der Waals surface area contributed by atoms with Crippen LogP contribution in [0.25, 0.3) is 0 Å². The SMILES string of the molecule is CCc1ccc([C@H](COC)NC(=O)[C@H]2CC(=O)Nc3ccccc32)o1. The average molecular weight is 342 g/mol. The number of benzene rings is 1. The molecule has 3 rings (SSSR count). The molecule has 0 radical (unpaired) electrons. The lowest BCUT2D eigenvalue weighted by Gasteiger charge is -2.26. The highest BCUT2D eigenvalue weighted by molar-refractivity contribution is 6.01. The lowest BCUT2D eigenvalue weighted by Crippen LogP contribution is -2.38. The summed E-state index contributed by atoms with van der Waals surface area (Å²) in [5.41, 5.74) is 1.51. The molecule has 2 N–H and O–H groups in total. The van der Waals surface area contributed by atoms with E-state index >= 15 is 0 Å². The minimum Gasteiger partial charge on any atom is -0.464 e. The number of ether oxygens (including phenoxy) is 1. The first-order chi connectivity index (χ1) is 12.1. The van der Waals surface area contributed by atoms with E-state index in [1.807, 2.05) is 37.3 Å². The number of carbonyl (C=O) groups excluding carboxylic acids is 2. The normalized spacial score (nSPS) is 17.5. The Morgan fingerprint density at radius 2 is 2.16 bits per heavy atom. The Hall–Kier alpha value is -2.60. The Kier molecular flexibility index (Phi) is 5.19. The third-order valence-electron chi connectivity index (χ3n) is 4.34. The van der Waals surface area contributed by atoms with Crippen LogP contribution in [0.3, 0.4) is 0 Å². The van der Waals surface area contributed by atoms with Crippen LogP contribution in [0.4, 0.5) is 5.69 Å². The van der Waals surface area contributed by atoms with Gasteiger partial charge in [-0.3, -0.25) is 9.59 Å². The molecule has 6 heteroatoms.